The molecule has 82 valence electrons. The van der Waals surface area contributed by atoms with Crippen LogP contribution in [0.3, 0.4) is 0 Å². The number of alkyl halides is 3. The summed E-state index contributed by atoms with van der Waals surface area (Å²) in [5.41, 5.74) is 0. The fourth-order valence-corrected chi connectivity index (χ4v) is 1.36. The van der Waals surface area contributed by atoms with Crippen LogP contribution in [0.25, 0.3) is 0 Å². The number of amides is 1. The van der Waals surface area contributed by atoms with E-state index in [1.54, 1.807) is 0 Å². The molecule has 1 amide bonds. The summed E-state index contributed by atoms with van der Waals surface area (Å²) in [6, 6.07) is -1.90. The Balaban J connectivity index is 2.86. The molecular weight excluding hydrogens is 201 g/mol. The smallest absolute Gasteiger partial charge is 0.361 e. The minimum Gasteiger partial charge on any atom is -0.361 e. The van der Waals surface area contributed by atoms with Crippen LogP contribution >= 0.6 is 0 Å². The van der Waals surface area contributed by atoms with Crippen LogP contribution in [0.4, 0.5) is 13.2 Å². The van der Waals surface area contributed by atoms with Crippen LogP contribution in [-0.4, -0.2) is 53.5 Å². The van der Waals surface area contributed by atoms with E-state index in [4.69, 9.17) is 0 Å². The van der Waals surface area contributed by atoms with Crippen molar-refractivity contribution in [1.29, 1.82) is 0 Å². The maximum atomic E-state index is 12.3. The lowest BCUT2D eigenvalue weighted by atomic mass is 10.1. The molecule has 0 aromatic rings. The molecule has 14 heavy (non-hydrogen) atoms. The largest absolute Gasteiger partial charge is 0.404 e. The van der Waals surface area contributed by atoms with E-state index in [0.717, 1.165) is 16.8 Å². The van der Waals surface area contributed by atoms with Crippen molar-refractivity contribution in [3.63, 3.8) is 0 Å². The first kappa shape index (κ1) is 11.3. The second-order valence-corrected chi connectivity index (χ2v) is 3.28. The summed E-state index contributed by atoms with van der Waals surface area (Å²) in [4.78, 5) is 12.6. The van der Waals surface area contributed by atoms with Gasteiger partial charge in [0.25, 0.3) is 0 Å². The normalized spacial score (nSPS) is 31.0. The van der Waals surface area contributed by atoms with E-state index < -0.39 is 30.9 Å². The van der Waals surface area contributed by atoms with Crippen LogP contribution in [0, 0.1) is 0 Å². The van der Waals surface area contributed by atoms with Crippen molar-refractivity contribution in [2.75, 3.05) is 14.1 Å². The van der Waals surface area contributed by atoms with E-state index in [2.05, 4.69) is 0 Å². The lowest BCUT2D eigenvalue weighted by Gasteiger charge is -2.42. The summed E-state index contributed by atoms with van der Waals surface area (Å²) in [6.45, 7) is 0. The SMILES string of the molecule is CN1C(=O)CC(C(F)(F)F)N(C)C1O. The summed E-state index contributed by atoms with van der Waals surface area (Å²) in [5, 5.41) is 9.28. The van der Waals surface area contributed by atoms with Crippen LogP contribution in [-0.2, 0) is 4.79 Å². The van der Waals surface area contributed by atoms with E-state index in [1.807, 2.05) is 0 Å². The van der Waals surface area contributed by atoms with E-state index >= 15 is 0 Å². The molecule has 1 heterocycles. The number of aliphatic hydroxyl groups is 1. The zero-order chi connectivity index (χ0) is 11.1. The highest BCUT2D eigenvalue weighted by Gasteiger charge is 2.49. The van der Waals surface area contributed by atoms with Gasteiger partial charge in [0.2, 0.25) is 5.91 Å². The number of carbonyl (C=O) groups excluding carboxylic acids is 1. The van der Waals surface area contributed by atoms with Gasteiger partial charge in [-0.2, -0.15) is 13.2 Å². The molecule has 1 aliphatic heterocycles. The molecule has 1 aliphatic rings. The van der Waals surface area contributed by atoms with E-state index in [9.17, 15) is 23.1 Å². The maximum absolute atomic E-state index is 12.3. The zero-order valence-electron chi connectivity index (χ0n) is 7.75. The first-order valence-corrected chi connectivity index (χ1v) is 3.97. The Kier molecular flexibility index (Phi) is 2.73. The zero-order valence-corrected chi connectivity index (χ0v) is 7.75. The molecule has 7 heteroatoms. The molecule has 2 unspecified atom stereocenters. The molecule has 0 aliphatic carbocycles. The van der Waals surface area contributed by atoms with Gasteiger partial charge in [0.1, 0.15) is 6.04 Å². The minimum atomic E-state index is -4.49. The number of halogens is 3. The fraction of sp³-hybridized carbons (Fsp3) is 0.857. The Morgan fingerprint density at radius 3 is 2.36 bits per heavy atom. The molecule has 0 aromatic heterocycles. The standard InChI is InChI=1S/C7H11F3N2O2/c1-11-4(7(8,9)10)3-5(13)12(2)6(11)14/h4,6,14H,3H2,1-2H3. The lowest BCUT2D eigenvalue weighted by molar-refractivity contribution is -0.236. The summed E-state index contributed by atoms with van der Waals surface area (Å²) >= 11 is 0. The van der Waals surface area contributed by atoms with E-state index in [0.29, 0.717) is 0 Å². The molecule has 0 saturated carbocycles. The summed E-state index contributed by atoms with van der Waals surface area (Å²) in [7, 11) is 2.39. The monoisotopic (exact) mass is 212 g/mol. The molecule has 2 atom stereocenters. The molecule has 0 spiro atoms. The van der Waals surface area contributed by atoms with Crippen molar-refractivity contribution in [3.05, 3.63) is 0 Å². The quantitative estimate of drug-likeness (QED) is 0.614. The average molecular weight is 212 g/mol. The van der Waals surface area contributed by atoms with Crippen molar-refractivity contribution < 1.29 is 23.1 Å². The third-order valence-electron chi connectivity index (χ3n) is 2.34. The Bertz CT molecular complexity index is 244. The topological polar surface area (TPSA) is 43.8 Å². The highest BCUT2D eigenvalue weighted by molar-refractivity contribution is 5.77. The number of rotatable bonds is 0. The van der Waals surface area contributed by atoms with Gasteiger partial charge < -0.3 is 10.0 Å². The number of carbonyl (C=O) groups is 1. The predicted octanol–water partition coefficient (Wildman–Crippen LogP) is -0.0129. The molecule has 1 fully saturated rings. The third kappa shape index (κ3) is 1.83. The Morgan fingerprint density at radius 1 is 1.43 bits per heavy atom. The molecule has 0 aromatic carbocycles. The van der Waals surface area contributed by atoms with Gasteiger partial charge in [0, 0.05) is 7.05 Å². The number of hydrogen-bond acceptors (Lipinski definition) is 3. The van der Waals surface area contributed by atoms with Gasteiger partial charge in [-0.15, -0.1) is 0 Å². The van der Waals surface area contributed by atoms with Crippen molar-refractivity contribution in [3.8, 4) is 0 Å². The molecular formula is C7H11F3N2O2. The van der Waals surface area contributed by atoms with Crippen molar-refractivity contribution in [2.45, 2.75) is 25.0 Å². The summed E-state index contributed by atoms with van der Waals surface area (Å²) < 4.78 is 37.0. The second kappa shape index (κ2) is 3.39. The average Bonchev–Trinajstić information content (AvgIpc) is 2.06. The molecule has 0 bridgehead atoms. The third-order valence-corrected chi connectivity index (χ3v) is 2.34. The Morgan fingerprint density at radius 2 is 1.93 bits per heavy atom. The van der Waals surface area contributed by atoms with Gasteiger partial charge in [-0.1, -0.05) is 0 Å². The van der Waals surface area contributed by atoms with Gasteiger partial charge in [-0.05, 0) is 7.05 Å². The molecule has 4 nitrogen and oxygen atoms in total. The van der Waals surface area contributed by atoms with Gasteiger partial charge in [-0.3, -0.25) is 9.69 Å². The van der Waals surface area contributed by atoms with Crippen LogP contribution in [0.15, 0.2) is 0 Å². The first-order valence-electron chi connectivity index (χ1n) is 3.97. The van der Waals surface area contributed by atoms with E-state index in [-0.39, 0.29) is 0 Å². The fourth-order valence-electron chi connectivity index (χ4n) is 1.36. The van der Waals surface area contributed by atoms with Gasteiger partial charge >= 0.3 is 6.18 Å². The number of aliphatic hydroxyl groups excluding tert-OH is 1. The Hall–Kier alpha value is -0.820. The van der Waals surface area contributed by atoms with Crippen molar-refractivity contribution in [2.24, 2.45) is 0 Å². The summed E-state index contributed by atoms with van der Waals surface area (Å²) in [6.07, 6.45) is -6.65. The van der Waals surface area contributed by atoms with Crippen molar-refractivity contribution >= 4 is 5.91 Å². The highest BCUT2D eigenvalue weighted by Crippen LogP contribution is 2.30. The molecule has 1 rings (SSSR count). The first-order chi connectivity index (χ1) is 6.25. The van der Waals surface area contributed by atoms with Crippen LogP contribution < -0.4 is 0 Å². The molecule has 1 saturated heterocycles. The van der Waals surface area contributed by atoms with Crippen LogP contribution in [0.1, 0.15) is 6.42 Å². The highest BCUT2D eigenvalue weighted by atomic mass is 19.4. The van der Waals surface area contributed by atoms with Gasteiger partial charge in [0.05, 0.1) is 6.42 Å². The Labute approximate surface area is 78.9 Å². The lowest BCUT2D eigenvalue weighted by Crippen LogP contribution is -2.61. The number of nitrogens with zero attached hydrogens (tertiary/aromatic N) is 2. The predicted molar refractivity (Wildman–Crippen MR) is 41.0 cm³/mol. The van der Waals surface area contributed by atoms with Gasteiger partial charge in [-0.25, -0.2) is 0 Å². The van der Waals surface area contributed by atoms with Crippen molar-refractivity contribution in [1.82, 2.24) is 9.80 Å². The van der Waals surface area contributed by atoms with Crippen LogP contribution in [0.2, 0.25) is 0 Å². The van der Waals surface area contributed by atoms with E-state index in [1.165, 1.54) is 7.05 Å². The van der Waals surface area contributed by atoms with Crippen LogP contribution in [0.5, 0.6) is 0 Å². The van der Waals surface area contributed by atoms with Gasteiger partial charge in [0.15, 0.2) is 6.35 Å². The second-order valence-electron chi connectivity index (χ2n) is 3.28. The molecule has 1 N–H and O–H groups in total. The maximum Gasteiger partial charge on any atom is 0.404 e. The minimum absolute atomic E-state index is 0.645. The number of hydrogen-bond donors (Lipinski definition) is 1. The summed E-state index contributed by atoms with van der Waals surface area (Å²) in [5.74, 6) is -0.710. The molecule has 0 radical (unpaired) electrons.